The van der Waals surface area contributed by atoms with E-state index >= 15 is 0 Å². The molecule has 0 aliphatic carbocycles. The van der Waals surface area contributed by atoms with Crippen molar-refractivity contribution in [3.8, 4) is 11.5 Å². The molecule has 0 bridgehead atoms. The van der Waals surface area contributed by atoms with Gasteiger partial charge in [-0.05, 0) is 53.6 Å². The van der Waals surface area contributed by atoms with Crippen molar-refractivity contribution < 1.29 is 14.3 Å². The first-order chi connectivity index (χ1) is 16.3. The van der Waals surface area contributed by atoms with Crippen molar-refractivity contribution >= 4 is 75.1 Å². The highest BCUT2D eigenvalue weighted by Gasteiger charge is 2.32. The summed E-state index contributed by atoms with van der Waals surface area (Å²) in [6.45, 7) is 0.645. The summed E-state index contributed by atoms with van der Waals surface area (Å²) in [5.41, 5.74) is 2.53. The Labute approximate surface area is 222 Å². The largest absolute Gasteiger partial charge is 0.497 e. The van der Waals surface area contributed by atoms with Crippen molar-refractivity contribution in [2.45, 2.75) is 13.2 Å². The molecule has 0 atom stereocenters. The van der Waals surface area contributed by atoms with Gasteiger partial charge in [0.1, 0.15) is 22.4 Å². The number of halogens is 3. The molecule has 0 saturated carbocycles. The highest BCUT2D eigenvalue weighted by molar-refractivity contribution is 8.26. The molecule has 1 saturated heterocycles. The second-order valence-electron chi connectivity index (χ2n) is 7.33. The zero-order chi connectivity index (χ0) is 24.2. The van der Waals surface area contributed by atoms with E-state index in [1.165, 1.54) is 11.8 Å². The number of rotatable bonds is 7. The molecule has 174 valence electrons. The lowest BCUT2D eigenvalue weighted by molar-refractivity contribution is -0.122. The van der Waals surface area contributed by atoms with Crippen LogP contribution >= 0.6 is 58.8 Å². The van der Waals surface area contributed by atoms with Crippen molar-refractivity contribution in [3.63, 3.8) is 0 Å². The van der Waals surface area contributed by atoms with E-state index in [1.54, 1.807) is 48.4 Å². The third-order valence-corrected chi connectivity index (χ3v) is 7.29. The van der Waals surface area contributed by atoms with Gasteiger partial charge in [-0.1, -0.05) is 83.0 Å². The summed E-state index contributed by atoms with van der Waals surface area (Å²) in [6.07, 6.45) is 1.78. The Morgan fingerprint density at radius 1 is 1.00 bits per heavy atom. The van der Waals surface area contributed by atoms with Gasteiger partial charge in [-0.3, -0.25) is 9.69 Å². The summed E-state index contributed by atoms with van der Waals surface area (Å²) >= 11 is 25.3. The summed E-state index contributed by atoms with van der Waals surface area (Å²) in [6, 6.07) is 18.1. The second-order valence-corrected chi connectivity index (χ2v) is 10.3. The number of thiocarbonyl (C=S) groups is 1. The molecule has 1 amide bonds. The third-order valence-electron chi connectivity index (χ3n) is 5.03. The van der Waals surface area contributed by atoms with Crippen molar-refractivity contribution in [2.24, 2.45) is 0 Å². The van der Waals surface area contributed by atoms with E-state index in [1.807, 2.05) is 30.3 Å². The van der Waals surface area contributed by atoms with Crippen LogP contribution in [-0.2, 0) is 17.9 Å². The fourth-order valence-electron chi connectivity index (χ4n) is 3.22. The molecule has 3 aromatic carbocycles. The zero-order valence-corrected chi connectivity index (χ0v) is 21.8. The number of thioether (sulfide) groups is 1. The quantitative estimate of drug-likeness (QED) is 0.223. The highest BCUT2D eigenvalue weighted by Crippen LogP contribution is 2.35. The van der Waals surface area contributed by atoms with Crippen molar-refractivity contribution in [1.82, 2.24) is 4.90 Å². The second kappa shape index (κ2) is 11.0. The summed E-state index contributed by atoms with van der Waals surface area (Å²) in [4.78, 5) is 15.1. The van der Waals surface area contributed by atoms with Crippen LogP contribution in [0.3, 0.4) is 0 Å². The van der Waals surface area contributed by atoms with Crippen LogP contribution in [0.25, 0.3) is 6.08 Å². The van der Waals surface area contributed by atoms with E-state index in [4.69, 9.17) is 56.5 Å². The van der Waals surface area contributed by atoms with Crippen LogP contribution < -0.4 is 9.47 Å². The minimum absolute atomic E-state index is 0.139. The topological polar surface area (TPSA) is 38.8 Å². The Hall–Kier alpha value is -2.22. The van der Waals surface area contributed by atoms with Gasteiger partial charge in [-0.2, -0.15) is 0 Å². The maximum Gasteiger partial charge on any atom is 0.266 e. The molecule has 1 aliphatic rings. The number of nitrogens with zero attached hydrogens (tertiary/aromatic N) is 1. The fraction of sp³-hybridized carbons (Fsp3) is 0.120. The Bertz CT molecular complexity index is 1280. The van der Waals surface area contributed by atoms with Crippen LogP contribution in [-0.4, -0.2) is 22.2 Å². The lowest BCUT2D eigenvalue weighted by Gasteiger charge is -2.14. The molecule has 3 aromatic rings. The number of methoxy groups -OCH3 is 1. The summed E-state index contributed by atoms with van der Waals surface area (Å²) in [5, 5.41) is 1.51. The first-order valence-corrected chi connectivity index (χ1v) is 12.4. The SMILES string of the molecule is COc1ccc(CN2C(=O)C(=Cc3ccc(OCc4ccc(Cl)cc4Cl)c(Cl)c3)SC2=S)cc1. The summed E-state index contributed by atoms with van der Waals surface area (Å²) < 4.78 is 11.5. The number of hydrogen-bond donors (Lipinski definition) is 0. The van der Waals surface area contributed by atoms with E-state index in [-0.39, 0.29) is 12.5 Å². The average Bonchev–Trinajstić information content (AvgIpc) is 3.07. The van der Waals surface area contributed by atoms with Gasteiger partial charge in [-0.25, -0.2) is 0 Å². The molecule has 0 spiro atoms. The monoisotopic (exact) mass is 549 g/mol. The first-order valence-electron chi connectivity index (χ1n) is 10.1. The van der Waals surface area contributed by atoms with Gasteiger partial charge in [0, 0.05) is 15.6 Å². The van der Waals surface area contributed by atoms with Gasteiger partial charge < -0.3 is 9.47 Å². The normalized spacial score (nSPS) is 14.7. The number of carbonyl (C=O) groups is 1. The van der Waals surface area contributed by atoms with Crippen LogP contribution in [0.5, 0.6) is 11.5 Å². The van der Waals surface area contributed by atoms with E-state index in [2.05, 4.69) is 0 Å². The molecule has 1 fully saturated rings. The Morgan fingerprint density at radius 2 is 1.76 bits per heavy atom. The van der Waals surface area contributed by atoms with Crippen LogP contribution in [0.4, 0.5) is 0 Å². The molecule has 0 aromatic heterocycles. The Morgan fingerprint density at radius 3 is 2.44 bits per heavy atom. The zero-order valence-electron chi connectivity index (χ0n) is 17.9. The molecule has 1 heterocycles. The number of ether oxygens (including phenoxy) is 2. The lowest BCUT2D eigenvalue weighted by Crippen LogP contribution is -2.27. The van der Waals surface area contributed by atoms with Crippen LogP contribution in [0.15, 0.2) is 65.6 Å². The molecule has 1 aliphatic heterocycles. The number of hydrogen-bond acceptors (Lipinski definition) is 5. The van der Waals surface area contributed by atoms with Crippen molar-refractivity contribution in [1.29, 1.82) is 0 Å². The van der Waals surface area contributed by atoms with Crippen LogP contribution in [0, 0.1) is 0 Å². The summed E-state index contributed by atoms with van der Waals surface area (Å²) in [5.74, 6) is 1.13. The molecular formula is C25H18Cl3NO3S2. The lowest BCUT2D eigenvalue weighted by atomic mass is 10.2. The van der Waals surface area contributed by atoms with E-state index in [9.17, 15) is 4.79 Å². The minimum atomic E-state index is -0.139. The maximum atomic E-state index is 13.0. The summed E-state index contributed by atoms with van der Waals surface area (Å²) in [7, 11) is 1.61. The first kappa shape index (κ1) is 24.9. The van der Waals surface area contributed by atoms with Crippen LogP contribution in [0.1, 0.15) is 16.7 Å². The van der Waals surface area contributed by atoms with Gasteiger partial charge in [-0.15, -0.1) is 0 Å². The van der Waals surface area contributed by atoms with Gasteiger partial charge in [0.25, 0.3) is 5.91 Å². The standard InChI is InChI=1S/C25H18Cl3NO3S2/c1-31-19-7-2-15(3-8-19)13-29-24(30)23(34-25(29)33)11-16-4-9-22(21(28)10-16)32-14-17-5-6-18(26)12-20(17)27/h2-12H,13-14H2,1H3. The van der Waals surface area contributed by atoms with E-state index in [0.29, 0.717) is 36.6 Å². The average molecular weight is 551 g/mol. The molecule has 4 nitrogen and oxygen atoms in total. The predicted octanol–water partition coefficient (Wildman–Crippen LogP) is 7.64. The van der Waals surface area contributed by atoms with Crippen molar-refractivity contribution in [2.75, 3.05) is 7.11 Å². The number of benzene rings is 3. The highest BCUT2D eigenvalue weighted by atomic mass is 35.5. The van der Waals surface area contributed by atoms with E-state index < -0.39 is 0 Å². The fourth-order valence-corrected chi connectivity index (χ4v) is 5.18. The van der Waals surface area contributed by atoms with E-state index in [0.717, 1.165) is 22.4 Å². The smallest absolute Gasteiger partial charge is 0.266 e. The van der Waals surface area contributed by atoms with Gasteiger partial charge >= 0.3 is 0 Å². The number of carbonyl (C=O) groups excluding carboxylic acids is 1. The number of amides is 1. The van der Waals surface area contributed by atoms with Gasteiger partial charge in [0.2, 0.25) is 0 Å². The minimum Gasteiger partial charge on any atom is -0.497 e. The van der Waals surface area contributed by atoms with Crippen LogP contribution in [0.2, 0.25) is 15.1 Å². The third kappa shape index (κ3) is 5.88. The van der Waals surface area contributed by atoms with Gasteiger partial charge in [0.05, 0.1) is 23.6 Å². The maximum absolute atomic E-state index is 13.0. The molecule has 0 radical (unpaired) electrons. The Balaban J connectivity index is 1.44. The Kier molecular flexibility index (Phi) is 8.06. The van der Waals surface area contributed by atoms with Crippen molar-refractivity contribution in [3.05, 3.63) is 97.3 Å². The molecule has 4 rings (SSSR count). The molecular weight excluding hydrogens is 533 g/mol. The van der Waals surface area contributed by atoms with Gasteiger partial charge in [0.15, 0.2) is 0 Å². The molecule has 0 unspecified atom stereocenters. The predicted molar refractivity (Wildman–Crippen MR) is 144 cm³/mol. The molecule has 9 heteroatoms. The molecule has 0 N–H and O–H groups in total. The molecule has 34 heavy (non-hydrogen) atoms.